The van der Waals surface area contributed by atoms with Gasteiger partial charge >= 0.3 is 5.97 Å². The van der Waals surface area contributed by atoms with Crippen molar-refractivity contribution in [3.05, 3.63) is 40.2 Å². The Morgan fingerprint density at radius 3 is 2.67 bits per heavy atom. The number of benzene rings is 1. The molecule has 0 aliphatic heterocycles. The second kappa shape index (κ2) is 7.00. The number of aromatic nitrogens is 1. The molecule has 2 aromatic rings. The number of aryl methyl sites for hydroxylation is 1. The number of ether oxygens (including phenoxy) is 1. The topological polar surface area (TPSA) is 48.3 Å². The Labute approximate surface area is 157 Å². The quantitative estimate of drug-likeness (QED) is 0.501. The smallest absolute Gasteiger partial charge is 0.308 e. The first-order valence-corrected chi connectivity index (χ1v) is 9.83. The van der Waals surface area contributed by atoms with Gasteiger partial charge in [-0.05, 0) is 25.0 Å². The lowest BCUT2D eigenvalue weighted by Gasteiger charge is -2.32. The maximum Gasteiger partial charge on any atom is 0.308 e. The second-order valence-electron chi connectivity index (χ2n) is 6.22. The number of esters is 1. The number of carbonyl (C=O) groups excluding carboxylic acids is 1. The minimum absolute atomic E-state index is 0.000723. The number of nitrogens with zero attached hydrogens (tertiary/aromatic N) is 1. The fourth-order valence-electron chi connectivity index (χ4n) is 3.48. The zero-order valence-corrected chi connectivity index (χ0v) is 16.8. The highest BCUT2D eigenvalue weighted by atomic mass is 79.9. The van der Waals surface area contributed by atoms with Crippen molar-refractivity contribution in [3.63, 3.8) is 0 Å². The van der Waals surface area contributed by atoms with Gasteiger partial charge in [-0.2, -0.15) is 0 Å². The summed E-state index contributed by atoms with van der Waals surface area (Å²) in [7, 11) is 1.77. The molecule has 1 aromatic heterocycles. The molecular weight excluding hydrogens is 438 g/mol. The van der Waals surface area contributed by atoms with Crippen molar-refractivity contribution < 1.29 is 9.53 Å². The Kier molecular flexibility index (Phi) is 5.16. The van der Waals surface area contributed by atoms with E-state index in [1.807, 2.05) is 24.3 Å². The average Bonchev–Trinajstić information content (AvgIpc) is 2.55. The third-order valence-electron chi connectivity index (χ3n) is 4.63. The first-order chi connectivity index (χ1) is 11.4. The van der Waals surface area contributed by atoms with Gasteiger partial charge in [-0.15, -0.1) is 0 Å². The van der Waals surface area contributed by atoms with Crippen LogP contribution in [0.2, 0.25) is 0 Å². The maximum absolute atomic E-state index is 13.1. The maximum atomic E-state index is 13.1. The van der Waals surface area contributed by atoms with Crippen molar-refractivity contribution >= 4 is 48.7 Å². The summed E-state index contributed by atoms with van der Waals surface area (Å²) in [6.45, 7) is 1.37. The summed E-state index contributed by atoms with van der Waals surface area (Å²) in [6.07, 6.45) is 2.97. The Hall–Kier alpha value is -1.14. The van der Waals surface area contributed by atoms with Crippen LogP contribution in [-0.2, 0) is 11.8 Å². The molecule has 128 valence electrons. The van der Waals surface area contributed by atoms with E-state index in [1.165, 1.54) is 6.92 Å². The van der Waals surface area contributed by atoms with Crippen LogP contribution in [0.1, 0.15) is 37.7 Å². The van der Waals surface area contributed by atoms with E-state index in [1.54, 1.807) is 11.6 Å². The molecule has 1 aliphatic rings. The van der Waals surface area contributed by atoms with E-state index < -0.39 is 5.97 Å². The molecular formula is C18H19Br2NO3. The summed E-state index contributed by atoms with van der Waals surface area (Å²) in [5, 5.41) is 0.793. The van der Waals surface area contributed by atoms with Crippen LogP contribution in [0, 0.1) is 0 Å². The van der Waals surface area contributed by atoms with Gasteiger partial charge in [0.1, 0.15) is 5.75 Å². The Morgan fingerprint density at radius 1 is 1.25 bits per heavy atom. The lowest BCUT2D eigenvalue weighted by molar-refractivity contribution is -0.131. The highest BCUT2D eigenvalue weighted by Crippen LogP contribution is 2.44. The van der Waals surface area contributed by atoms with Crippen LogP contribution >= 0.6 is 31.9 Å². The molecule has 3 atom stereocenters. The van der Waals surface area contributed by atoms with Crippen LogP contribution in [0.25, 0.3) is 10.9 Å². The largest absolute Gasteiger partial charge is 0.425 e. The summed E-state index contributed by atoms with van der Waals surface area (Å²) in [5.74, 6) is 0.00464. The molecule has 0 radical (unpaired) electrons. The lowest BCUT2D eigenvalue weighted by atomic mass is 9.83. The van der Waals surface area contributed by atoms with Gasteiger partial charge in [0, 0.05) is 34.9 Å². The molecule has 3 rings (SSSR count). The predicted octanol–water partition coefficient (Wildman–Crippen LogP) is 4.26. The van der Waals surface area contributed by atoms with Crippen LogP contribution in [0.5, 0.6) is 5.75 Å². The van der Waals surface area contributed by atoms with Gasteiger partial charge in [-0.3, -0.25) is 9.59 Å². The molecule has 24 heavy (non-hydrogen) atoms. The number of carbonyl (C=O) groups is 1. The normalized spacial score (nSPS) is 24.1. The minimum atomic E-state index is -0.410. The van der Waals surface area contributed by atoms with Crippen LogP contribution in [0.3, 0.4) is 0 Å². The van der Waals surface area contributed by atoms with E-state index in [0.29, 0.717) is 11.3 Å². The summed E-state index contributed by atoms with van der Waals surface area (Å²) < 4.78 is 7.19. The van der Waals surface area contributed by atoms with Crippen molar-refractivity contribution in [2.24, 2.45) is 7.05 Å². The Bertz CT molecular complexity index is 846. The highest BCUT2D eigenvalue weighted by molar-refractivity contribution is 9.12. The third-order valence-corrected chi connectivity index (χ3v) is 7.64. The molecule has 1 saturated carbocycles. The van der Waals surface area contributed by atoms with Crippen LogP contribution in [0.15, 0.2) is 29.1 Å². The van der Waals surface area contributed by atoms with Crippen LogP contribution in [-0.4, -0.2) is 20.2 Å². The van der Waals surface area contributed by atoms with E-state index in [9.17, 15) is 9.59 Å². The number of pyridine rings is 1. The van der Waals surface area contributed by atoms with Gasteiger partial charge in [0.2, 0.25) is 0 Å². The molecule has 0 spiro atoms. The molecule has 1 aliphatic carbocycles. The Balaban J connectivity index is 2.31. The van der Waals surface area contributed by atoms with E-state index in [4.69, 9.17) is 4.74 Å². The van der Waals surface area contributed by atoms with E-state index in [2.05, 4.69) is 31.9 Å². The van der Waals surface area contributed by atoms with Gasteiger partial charge in [0.25, 0.3) is 5.56 Å². The van der Waals surface area contributed by atoms with Crippen molar-refractivity contribution in [3.8, 4) is 5.75 Å². The van der Waals surface area contributed by atoms with Gasteiger partial charge in [-0.25, -0.2) is 0 Å². The first kappa shape index (κ1) is 17.7. The van der Waals surface area contributed by atoms with Crippen molar-refractivity contribution in [2.75, 3.05) is 0 Å². The van der Waals surface area contributed by atoms with E-state index in [-0.39, 0.29) is 21.1 Å². The number of fused-ring (bicyclic) bond motifs is 1. The molecule has 0 amide bonds. The molecule has 1 heterocycles. The second-order valence-corrected chi connectivity index (χ2v) is 8.45. The zero-order valence-electron chi connectivity index (χ0n) is 13.6. The number of alkyl halides is 2. The lowest BCUT2D eigenvalue weighted by Crippen LogP contribution is -2.34. The molecule has 1 aromatic carbocycles. The SMILES string of the molecule is CC(=O)Oc1c(C2CCCC(Br)C2Br)c(=O)n(C)c2ccccc12. The molecule has 3 unspecified atom stereocenters. The molecule has 6 heteroatoms. The summed E-state index contributed by atoms with van der Waals surface area (Å²) in [4.78, 5) is 25.2. The highest BCUT2D eigenvalue weighted by Gasteiger charge is 2.35. The zero-order chi connectivity index (χ0) is 17.4. The third kappa shape index (κ3) is 3.06. The average molecular weight is 457 g/mol. The van der Waals surface area contributed by atoms with E-state index in [0.717, 1.165) is 30.2 Å². The summed E-state index contributed by atoms with van der Waals surface area (Å²) >= 11 is 7.44. The van der Waals surface area contributed by atoms with Crippen molar-refractivity contribution in [2.45, 2.75) is 41.8 Å². The van der Waals surface area contributed by atoms with Gasteiger partial charge in [0.05, 0.1) is 11.1 Å². The number of hydrogen-bond acceptors (Lipinski definition) is 3. The summed E-state index contributed by atoms with van der Waals surface area (Å²) in [5.41, 5.74) is 1.26. The molecule has 0 bridgehead atoms. The standard InChI is InChI=1S/C18H19Br2NO3/c1-10(22)24-17-11-6-3-4-9-14(11)21(2)18(23)15(17)12-7-5-8-13(19)16(12)20/h3-4,6,9,12-13,16H,5,7-8H2,1-2H3. The molecule has 0 saturated heterocycles. The predicted molar refractivity (Wildman–Crippen MR) is 103 cm³/mol. The van der Waals surface area contributed by atoms with Gasteiger partial charge < -0.3 is 9.30 Å². The number of para-hydroxylation sites is 1. The van der Waals surface area contributed by atoms with Crippen molar-refractivity contribution in [1.29, 1.82) is 0 Å². The van der Waals surface area contributed by atoms with Gasteiger partial charge in [-0.1, -0.05) is 50.4 Å². The summed E-state index contributed by atoms with van der Waals surface area (Å²) in [6, 6.07) is 7.53. The van der Waals surface area contributed by atoms with Crippen molar-refractivity contribution in [1.82, 2.24) is 4.57 Å². The minimum Gasteiger partial charge on any atom is -0.425 e. The fraction of sp³-hybridized carbons (Fsp3) is 0.444. The molecule has 0 N–H and O–H groups in total. The Morgan fingerprint density at radius 2 is 1.96 bits per heavy atom. The first-order valence-electron chi connectivity index (χ1n) is 8.00. The van der Waals surface area contributed by atoms with Crippen LogP contribution < -0.4 is 10.3 Å². The monoisotopic (exact) mass is 455 g/mol. The van der Waals surface area contributed by atoms with E-state index >= 15 is 0 Å². The van der Waals surface area contributed by atoms with Gasteiger partial charge in [0.15, 0.2) is 0 Å². The fourth-order valence-corrected chi connectivity index (χ4v) is 4.96. The number of rotatable bonds is 2. The molecule has 4 nitrogen and oxygen atoms in total. The van der Waals surface area contributed by atoms with Crippen LogP contribution in [0.4, 0.5) is 0 Å². The molecule has 1 fully saturated rings. The number of hydrogen-bond donors (Lipinski definition) is 0. The number of halogens is 2.